The van der Waals surface area contributed by atoms with Gasteiger partial charge in [0.2, 0.25) is 17.7 Å². The van der Waals surface area contributed by atoms with Gasteiger partial charge in [0.1, 0.15) is 6.54 Å². The van der Waals surface area contributed by atoms with Crippen molar-refractivity contribution in [2.75, 3.05) is 6.54 Å². The van der Waals surface area contributed by atoms with Crippen molar-refractivity contribution >= 4 is 17.7 Å². The summed E-state index contributed by atoms with van der Waals surface area (Å²) in [5.74, 6) is 1.34. The summed E-state index contributed by atoms with van der Waals surface area (Å²) in [7, 11) is 0. The highest BCUT2D eigenvalue weighted by Crippen LogP contribution is 2.55. The van der Waals surface area contributed by atoms with Crippen LogP contribution in [0.25, 0.3) is 0 Å². The minimum atomic E-state index is -0.246. The number of hydrogen-bond donors (Lipinski definition) is 1. The fraction of sp³-hybridized carbons (Fsp3) is 0.750. The zero-order valence-electron chi connectivity index (χ0n) is 14.6. The predicted molar refractivity (Wildman–Crippen MR) is 91.1 cm³/mol. The maximum Gasteiger partial charge on any atom is 0.240 e. The summed E-state index contributed by atoms with van der Waals surface area (Å²) >= 11 is 0. The predicted octanol–water partition coefficient (Wildman–Crippen LogP) is 2.02. The summed E-state index contributed by atoms with van der Waals surface area (Å²) in [6.45, 7) is -0.0909. The lowest BCUT2D eigenvalue weighted by atomic mass is 9.53. The average Bonchev–Trinajstić information content (AvgIpc) is 2.78. The van der Waals surface area contributed by atoms with Crippen LogP contribution in [0.3, 0.4) is 0 Å². The molecule has 5 heteroatoms. The van der Waals surface area contributed by atoms with Crippen LogP contribution in [-0.4, -0.2) is 34.7 Å². The molecule has 6 rings (SSSR count). The number of hydrogen-bond acceptors (Lipinski definition) is 3. The molecule has 0 unspecified atom stereocenters. The van der Waals surface area contributed by atoms with Gasteiger partial charge in [-0.15, -0.1) is 0 Å². The summed E-state index contributed by atoms with van der Waals surface area (Å²) < 4.78 is 0. The van der Waals surface area contributed by atoms with E-state index in [0.29, 0.717) is 12.8 Å². The van der Waals surface area contributed by atoms with Gasteiger partial charge in [0, 0.05) is 5.54 Å². The van der Waals surface area contributed by atoms with Crippen LogP contribution in [0.15, 0.2) is 12.2 Å². The molecule has 0 aromatic carbocycles. The second kappa shape index (κ2) is 5.42. The molecule has 5 aliphatic carbocycles. The normalized spacial score (nSPS) is 44.3. The summed E-state index contributed by atoms with van der Waals surface area (Å²) in [6.07, 6.45) is 12.4. The molecule has 25 heavy (non-hydrogen) atoms. The number of amides is 3. The zero-order chi connectivity index (χ0) is 17.2. The lowest BCUT2D eigenvalue weighted by Gasteiger charge is -2.57. The summed E-state index contributed by atoms with van der Waals surface area (Å²) in [4.78, 5) is 39.0. The number of imide groups is 1. The van der Waals surface area contributed by atoms with Crippen molar-refractivity contribution in [2.24, 2.45) is 29.6 Å². The first kappa shape index (κ1) is 15.6. The monoisotopic (exact) mass is 342 g/mol. The average molecular weight is 342 g/mol. The van der Waals surface area contributed by atoms with Crippen molar-refractivity contribution < 1.29 is 14.4 Å². The van der Waals surface area contributed by atoms with Gasteiger partial charge < -0.3 is 5.32 Å². The van der Waals surface area contributed by atoms with Crippen LogP contribution in [0, 0.1) is 29.6 Å². The molecular formula is C20H26N2O3. The van der Waals surface area contributed by atoms with Gasteiger partial charge in [-0.1, -0.05) is 12.2 Å². The molecule has 1 aliphatic heterocycles. The van der Waals surface area contributed by atoms with Gasteiger partial charge in [-0.2, -0.15) is 0 Å². The Morgan fingerprint density at radius 3 is 1.92 bits per heavy atom. The van der Waals surface area contributed by atoms with Crippen LogP contribution in [0.1, 0.15) is 51.4 Å². The Hall–Kier alpha value is -1.65. The Labute approximate surface area is 148 Å². The fourth-order valence-corrected chi connectivity index (χ4v) is 6.77. The van der Waals surface area contributed by atoms with Gasteiger partial charge in [-0.25, -0.2) is 0 Å². The molecule has 1 saturated heterocycles. The Morgan fingerprint density at radius 2 is 1.44 bits per heavy atom. The van der Waals surface area contributed by atoms with Crippen molar-refractivity contribution in [3.63, 3.8) is 0 Å². The number of fused-ring (bicyclic) bond motifs is 1. The number of rotatable bonds is 3. The van der Waals surface area contributed by atoms with E-state index >= 15 is 0 Å². The topological polar surface area (TPSA) is 66.5 Å². The van der Waals surface area contributed by atoms with Gasteiger partial charge in [-0.3, -0.25) is 19.3 Å². The van der Waals surface area contributed by atoms with E-state index < -0.39 is 0 Å². The van der Waals surface area contributed by atoms with Crippen LogP contribution in [-0.2, 0) is 14.4 Å². The van der Waals surface area contributed by atoms with E-state index in [-0.39, 0.29) is 41.6 Å². The number of likely N-dealkylation sites (tertiary alicyclic amines) is 1. The van der Waals surface area contributed by atoms with Crippen LogP contribution in [0.4, 0.5) is 0 Å². The summed E-state index contributed by atoms with van der Waals surface area (Å²) in [5, 5.41) is 3.27. The maximum absolute atomic E-state index is 12.7. The number of allylic oxidation sites excluding steroid dienone is 2. The van der Waals surface area contributed by atoms with Gasteiger partial charge in [0.05, 0.1) is 11.8 Å². The largest absolute Gasteiger partial charge is 0.349 e. The molecule has 0 spiro atoms. The highest BCUT2D eigenvalue weighted by Gasteiger charge is 2.52. The summed E-state index contributed by atoms with van der Waals surface area (Å²) in [5.41, 5.74) is -0.0635. The van der Waals surface area contributed by atoms with E-state index in [2.05, 4.69) is 5.32 Å². The molecular weight excluding hydrogens is 316 g/mol. The standard InChI is InChI=1S/C20H26N2O3/c23-17(11-22-18(24)15-3-1-2-4-16(15)19(22)25)21-20-8-12-5-13(9-20)7-14(6-12)10-20/h1-2,12-16H,3-11H2,(H,21,23)/t12?,13?,14?,15-,16-,20?/m0/s1. The fourth-order valence-electron chi connectivity index (χ4n) is 6.77. The van der Waals surface area contributed by atoms with E-state index in [1.165, 1.54) is 24.2 Å². The minimum absolute atomic E-state index is 0.0635. The molecule has 5 fully saturated rings. The number of carbonyl (C=O) groups is 3. The van der Waals surface area contributed by atoms with Crippen LogP contribution in [0.5, 0.6) is 0 Å². The second-order valence-corrected chi connectivity index (χ2v) is 9.16. The SMILES string of the molecule is O=C(CN1C(=O)[C@H]2CC=CC[C@@H]2C1=O)NC12CC3CC(CC(C3)C1)C2. The second-order valence-electron chi connectivity index (χ2n) is 9.16. The first-order chi connectivity index (χ1) is 12.0. The molecule has 1 N–H and O–H groups in total. The minimum Gasteiger partial charge on any atom is -0.349 e. The van der Waals surface area contributed by atoms with Gasteiger partial charge in [0.25, 0.3) is 0 Å². The highest BCUT2D eigenvalue weighted by atomic mass is 16.2. The first-order valence-electron chi connectivity index (χ1n) is 9.84. The van der Waals surface area contributed by atoms with Crippen molar-refractivity contribution in [2.45, 2.75) is 56.9 Å². The maximum atomic E-state index is 12.7. The van der Waals surface area contributed by atoms with Crippen molar-refractivity contribution in [1.29, 1.82) is 0 Å². The Bertz CT molecular complexity index is 607. The Morgan fingerprint density at radius 1 is 0.960 bits per heavy atom. The lowest BCUT2D eigenvalue weighted by molar-refractivity contribution is -0.145. The van der Waals surface area contributed by atoms with Crippen molar-refractivity contribution in [3.05, 3.63) is 12.2 Å². The van der Waals surface area contributed by atoms with E-state index in [0.717, 1.165) is 37.0 Å². The molecule has 6 aliphatic rings. The quantitative estimate of drug-likeness (QED) is 0.630. The third kappa shape index (κ3) is 2.46. The van der Waals surface area contributed by atoms with E-state index in [1.807, 2.05) is 12.2 Å². The molecule has 4 bridgehead atoms. The third-order valence-electron chi connectivity index (χ3n) is 7.34. The molecule has 0 radical (unpaired) electrons. The molecule has 4 saturated carbocycles. The lowest BCUT2D eigenvalue weighted by Crippen LogP contribution is -2.61. The van der Waals surface area contributed by atoms with Gasteiger partial charge >= 0.3 is 0 Å². The summed E-state index contributed by atoms with van der Waals surface area (Å²) in [6, 6.07) is 0. The molecule has 3 amide bonds. The van der Waals surface area contributed by atoms with Crippen LogP contribution < -0.4 is 5.32 Å². The number of nitrogens with zero attached hydrogens (tertiary/aromatic N) is 1. The number of nitrogens with one attached hydrogen (secondary N) is 1. The van der Waals surface area contributed by atoms with Gasteiger partial charge in [0.15, 0.2) is 0 Å². The van der Waals surface area contributed by atoms with Crippen LogP contribution >= 0.6 is 0 Å². The molecule has 5 nitrogen and oxygen atoms in total. The molecule has 1 heterocycles. The number of carbonyl (C=O) groups excluding carboxylic acids is 3. The van der Waals surface area contributed by atoms with Crippen molar-refractivity contribution in [1.82, 2.24) is 10.2 Å². The first-order valence-corrected chi connectivity index (χ1v) is 9.84. The van der Waals surface area contributed by atoms with Gasteiger partial charge in [-0.05, 0) is 69.1 Å². The van der Waals surface area contributed by atoms with E-state index in [4.69, 9.17) is 0 Å². The Balaban J connectivity index is 1.27. The third-order valence-corrected chi connectivity index (χ3v) is 7.34. The zero-order valence-corrected chi connectivity index (χ0v) is 14.6. The Kier molecular flexibility index (Phi) is 3.38. The molecule has 0 aromatic rings. The molecule has 0 aromatic heterocycles. The smallest absolute Gasteiger partial charge is 0.240 e. The van der Waals surface area contributed by atoms with Crippen LogP contribution in [0.2, 0.25) is 0 Å². The molecule has 2 atom stereocenters. The van der Waals surface area contributed by atoms with E-state index in [9.17, 15) is 14.4 Å². The van der Waals surface area contributed by atoms with E-state index in [1.54, 1.807) is 0 Å². The van der Waals surface area contributed by atoms with Crippen molar-refractivity contribution in [3.8, 4) is 0 Å². The highest BCUT2D eigenvalue weighted by molar-refractivity contribution is 6.07. The molecule has 134 valence electrons.